The molecule has 1 heterocycles. The molecular formula is C6H10N2. The third kappa shape index (κ3) is 1.37. The Hall–Kier alpha value is -0.790. The molecule has 0 aromatic heterocycles. The molecule has 0 spiro atoms. The molecule has 0 radical (unpaired) electrons. The van der Waals surface area contributed by atoms with E-state index < -0.39 is 0 Å². The second kappa shape index (κ2) is 2.50. The zero-order chi connectivity index (χ0) is 5.82. The van der Waals surface area contributed by atoms with Crippen LogP contribution in [0.25, 0.3) is 0 Å². The van der Waals surface area contributed by atoms with Gasteiger partial charge in [0.1, 0.15) is 0 Å². The summed E-state index contributed by atoms with van der Waals surface area (Å²) in [7, 11) is 0. The first kappa shape index (κ1) is 5.35. The molecule has 2 nitrogen and oxygen atoms in total. The highest BCUT2D eigenvalue weighted by atomic mass is 14.9. The van der Waals surface area contributed by atoms with Crippen LogP contribution in [-0.4, -0.2) is 18.8 Å². The Kier molecular flexibility index (Phi) is 1.67. The highest BCUT2D eigenvalue weighted by Gasteiger charge is 1.86. The molecule has 1 rings (SSSR count). The second-order valence-corrected chi connectivity index (χ2v) is 1.81. The van der Waals surface area contributed by atoms with Gasteiger partial charge in [0.15, 0.2) is 0 Å². The van der Waals surface area contributed by atoms with Crippen molar-refractivity contribution in [3.63, 3.8) is 0 Å². The first-order valence-corrected chi connectivity index (χ1v) is 2.80. The van der Waals surface area contributed by atoms with Gasteiger partial charge in [-0.25, -0.2) is 0 Å². The molecule has 0 amide bonds. The molecule has 0 fully saturated rings. The van der Waals surface area contributed by atoms with E-state index in [-0.39, 0.29) is 0 Å². The van der Waals surface area contributed by atoms with Gasteiger partial charge in [-0.15, -0.1) is 0 Å². The van der Waals surface area contributed by atoms with Gasteiger partial charge in [0.25, 0.3) is 0 Å². The van der Waals surface area contributed by atoms with Crippen molar-refractivity contribution in [1.82, 2.24) is 5.32 Å². The highest BCUT2D eigenvalue weighted by Crippen LogP contribution is 1.83. The van der Waals surface area contributed by atoms with E-state index in [1.54, 1.807) is 0 Å². The summed E-state index contributed by atoms with van der Waals surface area (Å²) < 4.78 is 0. The van der Waals surface area contributed by atoms with Crippen molar-refractivity contribution in [3.05, 3.63) is 12.3 Å². The van der Waals surface area contributed by atoms with E-state index in [2.05, 4.69) is 10.3 Å². The zero-order valence-electron chi connectivity index (χ0n) is 5.02. The number of allylic oxidation sites excluding steroid dienone is 1. The molecule has 2 heteroatoms. The molecule has 1 N–H and O–H groups in total. The van der Waals surface area contributed by atoms with Crippen LogP contribution in [0.2, 0.25) is 0 Å². The summed E-state index contributed by atoms with van der Waals surface area (Å²) in [4.78, 5) is 4.19. The lowest BCUT2D eigenvalue weighted by molar-refractivity contribution is 0.853. The van der Waals surface area contributed by atoms with Crippen molar-refractivity contribution in [2.75, 3.05) is 13.1 Å². The van der Waals surface area contributed by atoms with E-state index in [1.807, 2.05) is 19.2 Å². The summed E-state index contributed by atoms with van der Waals surface area (Å²) in [6.07, 6.45) is 3.92. The number of hydrogen-bond acceptors (Lipinski definition) is 2. The van der Waals surface area contributed by atoms with Crippen LogP contribution < -0.4 is 5.32 Å². The van der Waals surface area contributed by atoms with Gasteiger partial charge in [-0.1, -0.05) is 0 Å². The zero-order valence-corrected chi connectivity index (χ0v) is 5.02. The number of hydrogen-bond donors (Lipinski definition) is 1. The monoisotopic (exact) mass is 110 g/mol. The van der Waals surface area contributed by atoms with E-state index in [0.717, 1.165) is 18.8 Å². The van der Waals surface area contributed by atoms with Crippen LogP contribution in [0.15, 0.2) is 17.3 Å². The fourth-order valence-electron chi connectivity index (χ4n) is 0.612. The summed E-state index contributed by atoms with van der Waals surface area (Å²) >= 11 is 0. The molecule has 0 aromatic rings. The molecule has 0 bridgehead atoms. The first-order chi connectivity index (χ1) is 3.89. The second-order valence-electron chi connectivity index (χ2n) is 1.81. The Labute approximate surface area is 49.3 Å². The summed E-state index contributed by atoms with van der Waals surface area (Å²) in [5.74, 6) is 0. The maximum Gasteiger partial charge on any atom is 0.0565 e. The Balaban J connectivity index is 2.55. The number of rotatable bonds is 0. The molecule has 0 atom stereocenters. The van der Waals surface area contributed by atoms with Crippen molar-refractivity contribution in [2.45, 2.75) is 6.92 Å². The third-order valence-electron chi connectivity index (χ3n) is 1.06. The third-order valence-corrected chi connectivity index (χ3v) is 1.06. The van der Waals surface area contributed by atoms with Crippen molar-refractivity contribution in [3.8, 4) is 0 Å². The molecular weight excluding hydrogens is 100 g/mol. The Morgan fingerprint density at radius 2 is 2.62 bits per heavy atom. The molecule has 0 aliphatic carbocycles. The number of nitrogens with zero attached hydrogens (tertiary/aromatic N) is 1. The normalized spacial score (nSPS) is 18.9. The van der Waals surface area contributed by atoms with Crippen LogP contribution in [0, 0.1) is 0 Å². The Morgan fingerprint density at radius 1 is 1.75 bits per heavy atom. The van der Waals surface area contributed by atoms with Gasteiger partial charge in [0.05, 0.1) is 6.54 Å². The molecule has 1 aliphatic rings. The van der Waals surface area contributed by atoms with Crippen LogP contribution >= 0.6 is 0 Å². The van der Waals surface area contributed by atoms with Crippen molar-refractivity contribution in [1.29, 1.82) is 0 Å². The van der Waals surface area contributed by atoms with Gasteiger partial charge in [-0.05, 0) is 19.2 Å². The van der Waals surface area contributed by atoms with Crippen molar-refractivity contribution >= 4 is 5.71 Å². The average Bonchev–Trinajstić information content (AvgIpc) is 1.94. The smallest absolute Gasteiger partial charge is 0.0565 e. The van der Waals surface area contributed by atoms with Crippen molar-refractivity contribution in [2.24, 2.45) is 4.99 Å². The predicted octanol–water partition coefficient (Wildman–Crippen LogP) is 0.564. The summed E-state index contributed by atoms with van der Waals surface area (Å²) in [6, 6.07) is 0. The minimum absolute atomic E-state index is 0.902. The van der Waals surface area contributed by atoms with Gasteiger partial charge in [-0.2, -0.15) is 0 Å². The van der Waals surface area contributed by atoms with Crippen LogP contribution in [0.3, 0.4) is 0 Å². The number of aliphatic imine (C=N–C) groups is 1. The SMILES string of the molecule is CC1=NCCNC=C1. The van der Waals surface area contributed by atoms with Crippen LogP contribution in [0.4, 0.5) is 0 Å². The summed E-state index contributed by atoms with van der Waals surface area (Å²) in [5, 5.41) is 3.08. The molecule has 0 saturated carbocycles. The van der Waals surface area contributed by atoms with Crippen molar-refractivity contribution < 1.29 is 0 Å². The van der Waals surface area contributed by atoms with Crippen LogP contribution in [0.1, 0.15) is 6.92 Å². The fourth-order valence-corrected chi connectivity index (χ4v) is 0.612. The minimum atomic E-state index is 0.902. The maximum absolute atomic E-state index is 4.19. The van der Waals surface area contributed by atoms with Gasteiger partial charge in [0, 0.05) is 12.3 Å². The topological polar surface area (TPSA) is 24.4 Å². The fraction of sp³-hybridized carbons (Fsp3) is 0.500. The summed E-state index contributed by atoms with van der Waals surface area (Å²) in [6.45, 7) is 3.87. The molecule has 8 heavy (non-hydrogen) atoms. The van der Waals surface area contributed by atoms with Crippen LogP contribution in [-0.2, 0) is 0 Å². The van der Waals surface area contributed by atoms with E-state index in [9.17, 15) is 0 Å². The van der Waals surface area contributed by atoms with E-state index in [4.69, 9.17) is 0 Å². The van der Waals surface area contributed by atoms with Gasteiger partial charge in [0.2, 0.25) is 0 Å². The standard InChI is InChI=1S/C6H10N2/c1-6-2-3-7-4-5-8-6/h2-3,7H,4-5H2,1H3. The van der Waals surface area contributed by atoms with Gasteiger partial charge in [-0.3, -0.25) is 4.99 Å². The lowest BCUT2D eigenvalue weighted by Crippen LogP contribution is -2.07. The summed E-state index contributed by atoms with van der Waals surface area (Å²) in [5.41, 5.74) is 1.11. The Morgan fingerprint density at radius 3 is 3.50 bits per heavy atom. The average molecular weight is 110 g/mol. The largest absolute Gasteiger partial charge is 0.389 e. The van der Waals surface area contributed by atoms with E-state index in [0.29, 0.717) is 0 Å². The maximum atomic E-state index is 4.19. The Bertz CT molecular complexity index is 124. The molecule has 0 saturated heterocycles. The van der Waals surface area contributed by atoms with Gasteiger partial charge >= 0.3 is 0 Å². The molecule has 1 aliphatic heterocycles. The van der Waals surface area contributed by atoms with E-state index >= 15 is 0 Å². The quantitative estimate of drug-likeness (QED) is 0.484. The van der Waals surface area contributed by atoms with Gasteiger partial charge < -0.3 is 5.32 Å². The lowest BCUT2D eigenvalue weighted by atomic mass is 10.4. The molecule has 44 valence electrons. The lowest BCUT2D eigenvalue weighted by Gasteiger charge is -1.88. The van der Waals surface area contributed by atoms with E-state index in [1.165, 1.54) is 0 Å². The highest BCUT2D eigenvalue weighted by molar-refractivity contribution is 5.92. The number of nitrogens with one attached hydrogen (secondary N) is 1. The minimum Gasteiger partial charge on any atom is -0.389 e. The molecule has 0 unspecified atom stereocenters. The van der Waals surface area contributed by atoms with Crippen LogP contribution in [0.5, 0.6) is 0 Å². The predicted molar refractivity (Wildman–Crippen MR) is 35.1 cm³/mol. The molecule has 0 aromatic carbocycles. The first-order valence-electron chi connectivity index (χ1n) is 2.80.